The number of amides is 1. The summed E-state index contributed by atoms with van der Waals surface area (Å²) in [7, 11) is 1.65. The molecule has 166 valence electrons. The van der Waals surface area contributed by atoms with Gasteiger partial charge in [-0.3, -0.25) is 9.36 Å². The smallest absolute Gasteiger partial charge is 0.410 e. The molecular formula is C23H24FN5O3. The number of halogens is 1. The van der Waals surface area contributed by atoms with Crippen molar-refractivity contribution in [3.63, 3.8) is 0 Å². The third kappa shape index (κ3) is 4.61. The first kappa shape index (κ1) is 21.5. The van der Waals surface area contributed by atoms with Crippen LogP contribution in [0.1, 0.15) is 12.5 Å². The molecule has 1 saturated heterocycles. The van der Waals surface area contributed by atoms with E-state index in [1.165, 1.54) is 22.9 Å². The van der Waals surface area contributed by atoms with Crippen molar-refractivity contribution in [1.29, 1.82) is 0 Å². The summed E-state index contributed by atoms with van der Waals surface area (Å²) in [5.41, 5.74) is 1.53. The van der Waals surface area contributed by atoms with Gasteiger partial charge in [0.05, 0.1) is 5.69 Å². The number of anilines is 1. The monoisotopic (exact) mass is 437 g/mol. The lowest BCUT2D eigenvalue weighted by atomic mass is 10.2. The Labute approximate surface area is 184 Å². The maximum Gasteiger partial charge on any atom is 0.410 e. The van der Waals surface area contributed by atoms with Crippen LogP contribution in [0.3, 0.4) is 0 Å². The van der Waals surface area contributed by atoms with Crippen molar-refractivity contribution in [3.8, 4) is 11.3 Å². The summed E-state index contributed by atoms with van der Waals surface area (Å²) in [5.74, 6) is -0.169. The molecule has 8 nitrogen and oxygen atoms in total. The summed E-state index contributed by atoms with van der Waals surface area (Å²) in [6, 6.07) is 13.6. The van der Waals surface area contributed by atoms with Gasteiger partial charge in [0, 0.05) is 56.6 Å². The number of pyridine rings is 1. The van der Waals surface area contributed by atoms with E-state index in [4.69, 9.17) is 4.74 Å². The standard InChI is InChI=1S/C23H24FN5O3/c1-16-14-28(23(31)32-15-17-6-4-3-5-7-17)10-11-29(16)22-26-19(13-21(30)27(22)2)18-8-9-25-20(24)12-18/h3-9,12-13,16H,10-11,14-15H2,1-2H3/t16-/m0/s1. The summed E-state index contributed by atoms with van der Waals surface area (Å²) < 4.78 is 20.5. The van der Waals surface area contributed by atoms with Gasteiger partial charge in [-0.15, -0.1) is 0 Å². The van der Waals surface area contributed by atoms with E-state index in [-0.39, 0.29) is 24.3 Å². The van der Waals surface area contributed by atoms with E-state index in [1.807, 2.05) is 42.2 Å². The van der Waals surface area contributed by atoms with Crippen LogP contribution in [0.15, 0.2) is 59.5 Å². The fraction of sp³-hybridized carbons (Fsp3) is 0.304. The van der Waals surface area contributed by atoms with Gasteiger partial charge in [0.15, 0.2) is 0 Å². The second-order valence-electron chi connectivity index (χ2n) is 7.73. The van der Waals surface area contributed by atoms with Gasteiger partial charge < -0.3 is 14.5 Å². The summed E-state index contributed by atoms with van der Waals surface area (Å²) >= 11 is 0. The molecule has 4 rings (SSSR count). The van der Waals surface area contributed by atoms with E-state index in [1.54, 1.807) is 18.0 Å². The van der Waals surface area contributed by atoms with E-state index in [0.29, 0.717) is 36.8 Å². The van der Waals surface area contributed by atoms with Crippen LogP contribution >= 0.6 is 0 Å². The molecule has 2 aromatic heterocycles. The third-order valence-electron chi connectivity index (χ3n) is 5.48. The highest BCUT2D eigenvalue weighted by molar-refractivity contribution is 5.68. The predicted molar refractivity (Wildman–Crippen MR) is 118 cm³/mol. The van der Waals surface area contributed by atoms with Gasteiger partial charge in [-0.1, -0.05) is 30.3 Å². The number of carbonyl (C=O) groups excluding carboxylic acids is 1. The topological polar surface area (TPSA) is 80.6 Å². The molecule has 1 aliphatic heterocycles. The van der Waals surface area contributed by atoms with Crippen LogP contribution in [0.2, 0.25) is 0 Å². The van der Waals surface area contributed by atoms with E-state index in [2.05, 4.69) is 9.97 Å². The number of hydrogen-bond donors (Lipinski definition) is 0. The Kier molecular flexibility index (Phi) is 6.16. The number of carbonyl (C=O) groups is 1. The van der Waals surface area contributed by atoms with E-state index in [0.717, 1.165) is 5.56 Å². The van der Waals surface area contributed by atoms with Crippen LogP contribution < -0.4 is 10.5 Å². The minimum Gasteiger partial charge on any atom is -0.445 e. The Morgan fingerprint density at radius 3 is 2.69 bits per heavy atom. The molecular weight excluding hydrogens is 413 g/mol. The molecule has 1 aromatic carbocycles. The molecule has 0 radical (unpaired) electrons. The lowest BCUT2D eigenvalue weighted by molar-refractivity contribution is 0.0896. The van der Waals surface area contributed by atoms with Crippen LogP contribution in [-0.2, 0) is 18.4 Å². The normalized spacial score (nSPS) is 16.2. The average Bonchev–Trinajstić information content (AvgIpc) is 2.80. The molecule has 3 heterocycles. The van der Waals surface area contributed by atoms with Crippen LogP contribution in [0.5, 0.6) is 0 Å². The minimum absolute atomic E-state index is 0.101. The quantitative estimate of drug-likeness (QED) is 0.584. The molecule has 0 bridgehead atoms. The lowest BCUT2D eigenvalue weighted by Gasteiger charge is -2.40. The molecule has 9 heteroatoms. The molecule has 0 N–H and O–H groups in total. The van der Waals surface area contributed by atoms with Gasteiger partial charge in [0.1, 0.15) is 6.61 Å². The Hall–Kier alpha value is -3.75. The number of piperazine rings is 1. The maximum absolute atomic E-state index is 13.6. The Morgan fingerprint density at radius 1 is 1.19 bits per heavy atom. The summed E-state index contributed by atoms with van der Waals surface area (Å²) in [6.07, 6.45) is 0.967. The van der Waals surface area contributed by atoms with Crippen LogP contribution in [0.4, 0.5) is 15.1 Å². The maximum atomic E-state index is 13.6. The highest BCUT2D eigenvalue weighted by Gasteiger charge is 2.30. The Balaban J connectivity index is 1.48. The van der Waals surface area contributed by atoms with Crippen LogP contribution in [0.25, 0.3) is 11.3 Å². The van der Waals surface area contributed by atoms with Crippen LogP contribution in [-0.4, -0.2) is 51.2 Å². The number of hydrogen-bond acceptors (Lipinski definition) is 6. The van der Waals surface area contributed by atoms with Gasteiger partial charge in [-0.2, -0.15) is 4.39 Å². The van der Waals surface area contributed by atoms with Crippen LogP contribution in [0, 0.1) is 5.95 Å². The van der Waals surface area contributed by atoms with Gasteiger partial charge in [0.25, 0.3) is 5.56 Å². The minimum atomic E-state index is -0.637. The molecule has 1 aliphatic rings. The van der Waals surface area contributed by atoms with E-state index < -0.39 is 5.95 Å². The molecule has 0 aliphatic carbocycles. The van der Waals surface area contributed by atoms with Gasteiger partial charge in [-0.05, 0) is 18.6 Å². The summed E-state index contributed by atoms with van der Waals surface area (Å²) in [4.78, 5) is 36.9. The third-order valence-corrected chi connectivity index (χ3v) is 5.48. The molecule has 1 atom stereocenters. The van der Waals surface area contributed by atoms with Crippen molar-refractivity contribution >= 4 is 12.0 Å². The molecule has 32 heavy (non-hydrogen) atoms. The van der Waals surface area contributed by atoms with E-state index >= 15 is 0 Å². The van der Waals surface area contributed by atoms with Gasteiger partial charge >= 0.3 is 6.09 Å². The second kappa shape index (κ2) is 9.17. The number of nitrogens with zero attached hydrogens (tertiary/aromatic N) is 5. The molecule has 3 aromatic rings. The van der Waals surface area contributed by atoms with Crippen molar-refractivity contribution in [1.82, 2.24) is 19.4 Å². The SMILES string of the molecule is C[C@H]1CN(C(=O)OCc2ccccc2)CCN1c1nc(-c2ccnc(F)c2)cc(=O)n1C. The number of ether oxygens (including phenoxy) is 1. The first-order chi connectivity index (χ1) is 15.4. The van der Waals surface area contributed by atoms with Crippen molar-refractivity contribution in [3.05, 3.63) is 76.6 Å². The highest BCUT2D eigenvalue weighted by atomic mass is 19.1. The fourth-order valence-corrected chi connectivity index (χ4v) is 3.73. The molecule has 0 unspecified atom stereocenters. The predicted octanol–water partition coefficient (Wildman–Crippen LogP) is 2.83. The molecule has 1 amide bonds. The Bertz CT molecular complexity index is 1170. The van der Waals surface area contributed by atoms with Crippen molar-refractivity contribution in [2.24, 2.45) is 7.05 Å². The summed E-state index contributed by atoms with van der Waals surface area (Å²) in [6.45, 7) is 3.52. The van der Waals surface area contributed by atoms with Crippen molar-refractivity contribution < 1.29 is 13.9 Å². The van der Waals surface area contributed by atoms with Gasteiger partial charge in [0.2, 0.25) is 11.9 Å². The van der Waals surface area contributed by atoms with Crippen molar-refractivity contribution in [2.75, 3.05) is 24.5 Å². The highest BCUT2D eigenvalue weighted by Crippen LogP contribution is 2.22. The number of rotatable bonds is 4. The zero-order valence-corrected chi connectivity index (χ0v) is 17.9. The molecule has 0 saturated carbocycles. The summed E-state index contributed by atoms with van der Waals surface area (Å²) in [5, 5.41) is 0. The molecule has 1 fully saturated rings. The van der Waals surface area contributed by atoms with E-state index in [9.17, 15) is 14.0 Å². The van der Waals surface area contributed by atoms with Crippen molar-refractivity contribution in [2.45, 2.75) is 19.6 Å². The fourth-order valence-electron chi connectivity index (χ4n) is 3.73. The second-order valence-corrected chi connectivity index (χ2v) is 7.73. The zero-order valence-electron chi connectivity index (χ0n) is 17.9. The Morgan fingerprint density at radius 2 is 1.97 bits per heavy atom. The molecule has 0 spiro atoms. The first-order valence-corrected chi connectivity index (χ1v) is 10.3. The zero-order chi connectivity index (χ0) is 22.7. The number of aromatic nitrogens is 3. The lowest BCUT2D eigenvalue weighted by Crippen LogP contribution is -2.55. The largest absolute Gasteiger partial charge is 0.445 e. The first-order valence-electron chi connectivity index (χ1n) is 10.3. The average molecular weight is 437 g/mol. The number of benzene rings is 1. The van der Waals surface area contributed by atoms with Gasteiger partial charge in [-0.25, -0.2) is 14.8 Å².